The third-order valence-electron chi connectivity index (χ3n) is 2.27. The molecule has 0 saturated heterocycles. The van der Waals surface area contributed by atoms with E-state index in [0.717, 1.165) is 11.4 Å². The monoisotopic (exact) mass is 204 g/mol. The Balaban J connectivity index is 2.11. The van der Waals surface area contributed by atoms with E-state index in [9.17, 15) is 5.11 Å². The number of nitrogens with zero attached hydrogens (tertiary/aromatic N) is 4. The van der Waals surface area contributed by atoms with E-state index in [1.165, 1.54) is 6.33 Å². The molecule has 1 atom stereocenters. The van der Waals surface area contributed by atoms with Gasteiger partial charge >= 0.3 is 0 Å². The Morgan fingerprint density at radius 2 is 2.13 bits per heavy atom. The maximum Gasteiger partial charge on any atom is 0.138 e. The van der Waals surface area contributed by atoms with Crippen molar-refractivity contribution in [2.45, 2.75) is 12.5 Å². The van der Waals surface area contributed by atoms with Crippen molar-refractivity contribution >= 4 is 0 Å². The molecule has 0 saturated carbocycles. The van der Waals surface area contributed by atoms with Crippen LogP contribution in [0.2, 0.25) is 0 Å². The number of rotatable bonds is 3. The second-order valence-electron chi connectivity index (χ2n) is 3.30. The van der Waals surface area contributed by atoms with E-state index in [0.29, 0.717) is 6.42 Å². The van der Waals surface area contributed by atoms with Gasteiger partial charge in [-0.1, -0.05) is 0 Å². The predicted molar refractivity (Wildman–Crippen MR) is 53.9 cm³/mol. The molecular weight excluding hydrogens is 192 g/mol. The van der Waals surface area contributed by atoms with Crippen LogP contribution in [0.5, 0.6) is 0 Å². The molecule has 0 aliphatic carbocycles. The van der Waals surface area contributed by atoms with Crippen molar-refractivity contribution in [2.24, 2.45) is 7.05 Å². The highest BCUT2D eigenvalue weighted by Crippen LogP contribution is 2.15. The van der Waals surface area contributed by atoms with Gasteiger partial charge in [0.15, 0.2) is 0 Å². The summed E-state index contributed by atoms with van der Waals surface area (Å²) in [5, 5.41) is 13.9. The molecule has 1 unspecified atom stereocenters. The lowest BCUT2D eigenvalue weighted by molar-refractivity contribution is 0.174. The molecule has 78 valence electrons. The van der Waals surface area contributed by atoms with Crippen LogP contribution in [0.1, 0.15) is 17.5 Å². The van der Waals surface area contributed by atoms with Gasteiger partial charge in [-0.25, -0.2) is 4.98 Å². The van der Waals surface area contributed by atoms with Crippen molar-refractivity contribution < 1.29 is 5.11 Å². The third kappa shape index (κ3) is 2.19. The number of aryl methyl sites for hydroxylation is 1. The summed E-state index contributed by atoms with van der Waals surface area (Å²) in [5.74, 6) is 0.763. The Hall–Kier alpha value is -1.75. The van der Waals surface area contributed by atoms with Crippen LogP contribution in [0.3, 0.4) is 0 Å². The van der Waals surface area contributed by atoms with Gasteiger partial charge in [0.1, 0.15) is 12.2 Å². The minimum Gasteiger partial charge on any atom is -0.388 e. The number of aromatic nitrogens is 4. The quantitative estimate of drug-likeness (QED) is 0.790. The van der Waals surface area contributed by atoms with Crippen LogP contribution < -0.4 is 0 Å². The van der Waals surface area contributed by atoms with Gasteiger partial charge in [-0.3, -0.25) is 9.67 Å². The number of aliphatic hydroxyl groups excluding tert-OH is 1. The van der Waals surface area contributed by atoms with Crippen LogP contribution in [-0.2, 0) is 13.5 Å². The van der Waals surface area contributed by atoms with Crippen LogP contribution in [0, 0.1) is 0 Å². The summed E-state index contributed by atoms with van der Waals surface area (Å²) in [6, 6.07) is 3.59. The van der Waals surface area contributed by atoms with Gasteiger partial charge < -0.3 is 5.11 Å². The van der Waals surface area contributed by atoms with Gasteiger partial charge in [0.2, 0.25) is 0 Å². The Morgan fingerprint density at radius 3 is 2.73 bits per heavy atom. The lowest BCUT2D eigenvalue weighted by Crippen LogP contribution is -2.07. The molecule has 0 fully saturated rings. The van der Waals surface area contributed by atoms with E-state index in [1.807, 2.05) is 7.05 Å². The minimum atomic E-state index is -0.559. The maximum absolute atomic E-state index is 9.91. The Kier molecular flexibility index (Phi) is 2.73. The Labute approximate surface area is 87.4 Å². The van der Waals surface area contributed by atoms with Crippen molar-refractivity contribution in [2.75, 3.05) is 0 Å². The molecule has 1 N–H and O–H groups in total. The standard InChI is InChI=1S/C10H12N4O/c1-14-10(12-7-13-14)6-9(15)8-2-4-11-5-3-8/h2-5,7,9,15H,6H2,1H3. The third-order valence-corrected chi connectivity index (χ3v) is 2.27. The van der Waals surface area contributed by atoms with Gasteiger partial charge in [-0.05, 0) is 17.7 Å². The van der Waals surface area contributed by atoms with Crippen molar-refractivity contribution in [1.29, 1.82) is 0 Å². The van der Waals surface area contributed by atoms with Crippen LogP contribution in [0.15, 0.2) is 30.9 Å². The van der Waals surface area contributed by atoms with Gasteiger partial charge in [0.05, 0.1) is 6.10 Å². The molecule has 5 heteroatoms. The minimum absolute atomic E-state index is 0.459. The Bertz CT molecular complexity index is 426. The first-order valence-corrected chi connectivity index (χ1v) is 4.68. The average Bonchev–Trinajstić information content (AvgIpc) is 2.66. The topological polar surface area (TPSA) is 63.8 Å². The van der Waals surface area contributed by atoms with Crippen LogP contribution in [-0.4, -0.2) is 24.9 Å². The molecule has 0 aromatic carbocycles. The first-order valence-electron chi connectivity index (χ1n) is 4.68. The molecule has 0 radical (unpaired) electrons. The summed E-state index contributed by atoms with van der Waals surface area (Å²) in [5.41, 5.74) is 0.841. The highest BCUT2D eigenvalue weighted by molar-refractivity contribution is 5.14. The molecule has 2 rings (SSSR count). The van der Waals surface area contributed by atoms with Gasteiger partial charge in [0.25, 0.3) is 0 Å². The summed E-state index contributed by atoms with van der Waals surface area (Å²) in [4.78, 5) is 7.96. The fraction of sp³-hybridized carbons (Fsp3) is 0.300. The average molecular weight is 204 g/mol. The summed E-state index contributed by atoms with van der Waals surface area (Å²) in [6.07, 6.45) is 4.70. The summed E-state index contributed by atoms with van der Waals surface area (Å²) < 4.78 is 1.66. The molecule has 15 heavy (non-hydrogen) atoms. The summed E-state index contributed by atoms with van der Waals surface area (Å²) in [6.45, 7) is 0. The molecule has 0 spiro atoms. The van der Waals surface area contributed by atoms with E-state index < -0.39 is 6.10 Å². The number of hydrogen-bond acceptors (Lipinski definition) is 4. The number of aliphatic hydroxyl groups is 1. The summed E-state index contributed by atoms with van der Waals surface area (Å²) in [7, 11) is 1.81. The van der Waals surface area contributed by atoms with Crippen molar-refractivity contribution in [3.63, 3.8) is 0 Å². The summed E-state index contributed by atoms with van der Waals surface area (Å²) >= 11 is 0. The zero-order chi connectivity index (χ0) is 10.7. The van der Waals surface area contributed by atoms with Gasteiger partial charge in [-0.15, -0.1) is 0 Å². The molecule has 2 aromatic rings. The first-order chi connectivity index (χ1) is 7.27. The predicted octanol–water partition coefficient (Wildman–Crippen LogP) is 0.486. The normalized spacial score (nSPS) is 12.7. The Morgan fingerprint density at radius 1 is 1.40 bits per heavy atom. The number of hydrogen-bond donors (Lipinski definition) is 1. The second-order valence-corrected chi connectivity index (χ2v) is 3.30. The largest absolute Gasteiger partial charge is 0.388 e. The maximum atomic E-state index is 9.91. The molecule has 2 aromatic heterocycles. The van der Waals surface area contributed by atoms with E-state index >= 15 is 0 Å². The van der Waals surface area contributed by atoms with Gasteiger partial charge in [-0.2, -0.15) is 5.10 Å². The fourth-order valence-corrected chi connectivity index (χ4v) is 1.38. The molecule has 0 aliphatic rings. The molecular formula is C10H12N4O. The number of pyridine rings is 1. The smallest absolute Gasteiger partial charge is 0.138 e. The van der Waals surface area contributed by atoms with Crippen molar-refractivity contribution in [3.8, 4) is 0 Å². The van der Waals surface area contributed by atoms with Crippen molar-refractivity contribution in [3.05, 3.63) is 42.2 Å². The van der Waals surface area contributed by atoms with Crippen LogP contribution in [0.4, 0.5) is 0 Å². The van der Waals surface area contributed by atoms with Crippen LogP contribution >= 0.6 is 0 Å². The van der Waals surface area contributed by atoms with Crippen LogP contribution in [0.25, 0.3) is 0 Å². The molecule has 2 heterocycles. The fourth-order valence-electron chi connectivity index (χ4n) is 1.38. The van der Waals surface area contributed by atoms with Gasteiger partial charge in [0, 0.05) is 25.9 Å². The highest BCUT2D eigenvalue weighted by Gasteiger charge is 2.11. The van der Waals surface area contributed by atoms with E-state index in [4.69, 9.17) is 0 Å². The van der Waals surface area contributed by atoms with Crippen molar-refractivity contribution in [1.82, 2.24) is 19.7 Å². The zero-order valence-corrected chi connectivity index (χ0v) is 8.41. The molecule has 5 nitrogen and oxygen atoms in total. The van der Waals surface area contributed by atoms with E-state index in [1.54, 1.807) is 29.2 Å². The highest BCUT2D eigenvalue weighted by atomic mass is 16.3. The SMILES string of the molecule is Cn1ncnc1CC(O)c1ccncc1. The first kappa shape index (κ1) is 9.79. The molecule has 0 amide bonds. The van der Waals surface area contributed by atoms with E-state index in [-0.39, 0.29) is 0 Å². The zero-order valence-electron chi connectivity index (χ0n) is 8.41. The lowest BCUT2D eigenvalue weighted by Gasteiger charge is -2.09. The molecule has 0 aliphatic heterocycles. The second kappa shape index (κ2) is 4.18. The molecule has 0 bridgehead atoms. The lowest BCUT2D eigenvalue weighted by atomic mass is 10.1. The van der Waals surface area contributed by atoms with E-state index in [2.05, 4.69) is 15.1 Å².